The van der Waals surface area contributed by atoms with Gasteiger partial charge in [-0.3, -0.25) is 4.79 Å². The Balaban J connectivity index is 2.12. The predicted molar refractivity (Wildman–Crippen MR) is 77.6 cm³/mol. The fraction of sp³-hybridized carbons (Fsp3) is 0.533. The van der Waals surface area contributed by atoms with Crippen molar-refractivity contribution in [2.45, 2.75) is 45.6 Å². The van der Waals surface area contributed by atoms with Gasteiger partial charge in [-0.05, 0) is 52.4 Å². The van der Waals surface area contributed by atoms with E-state index in [9.17, 15) is 9.18 Å². The van der Waals surface area contributed by atoms with Crippen molar-refractivity contribution in [3.63, 3.8) is 0 Å². The van der Waals surface area contributed by atoms with Crippen LogP contribution in [-0.4, -0.2) is 11.9 Å². The maximum atomic E-state index is 13.0. The minimum absolute atomic E-state index is 0.125. The van der Waals surface area contributed by atoms with Crippen LogP contribution in [0.3, 0.4) is 0 Å². The number of rotatable bonds is 2. The first kappa shape index (κ1) is 14.5. The lowest BCUT2D eigenvalue weighted by molar-refractivity contribution is 0.0852. The zero-order valence-electron chi connectivity index (χ0n) is 11.3. The molecule has 1 saturated carbocycles. The summed E-state index contributed by atoms with van der Waals surface area (Å²) in [4.78, 5) is 12.3. The van der Waals surface area contributed by atoms with Gasteiger partial charge in [0.25, 0.3) is 5.91 Å². The standard InChI is InChI=1S/C15H19BrFNO/c1-15(2)8-4-3-5-13(15)18-14(19)11-7-6-10(17)9-12(11)16/h6-7,9,13H,3-5,8H2,1-2H3,(H,18,19). The number of nitrogens with one attached hydrogen (secondary N) is 1. The smallest absolute Gasteiger partial charge is 0.252 e. The van der Waals surface area contributed by atoms with Gasteiger partial charge in [0, 0.05) is 10.5 Å². The first-order chi connectivity index (χ1) is 8.90. The van der Waals surface area contributed by atoms with Gasteiger partial charge in [0.15, 0.2) is 0 Å². The summed E-state index contributed by atoms with van der Waals surface area (Å²) in [5.41, 5.74) is 0.614. The molecule has 0 heterocycles. The molecule has 2 rings (SSSR count). The highest BCUT2D eigenvalue weighted by Crippen LogP contribution is 2.35. The van der Waals surface area contributed by atoms with Gasteiger partial charge in [-0.25, -0.2) is 4.39 Å². The Morgan fingerprint density at radius 1 is 1.42 bits per heavy atom. The molecule has 1 fully saturated rings. The highest BCUT2D eigenvalue weighted by atomic mass is 79.9. The summed E-state index contributed by atoms with van der Waals surface area (Å²) >= 11 is 3.24. The molecule has 1 amide bonds. The van der Waals surface area contributed by atoms with E-state index in [2.05, 4.69) is 35.1 Å². The molecule has 0 aromatic heterocycles. The first-order valence-electron chi connectivity index (χ1n) is 6.66. The highest BCUT2D eigenvalue weighted by Gasteiger charge is 2.33. The molecular weight excluding hydrogens is 309 g/mol. The van der Waals surface area contributed by atoms with E-state index < -0.39 is 0 Å². The van der Waals surface area contributed by atoms with Crippen molar-refractivity contribution in [2.24, 2.45) is 5.41 Å². The predicted octanol–water partition coefficient (Wildman–Crippen LogP) is 4.29. The summed E-state index contributed by atoms with van der Waals surface area (Å²) in [6.07, 6.45) is 4.51. The van der Waals surface area contributed by atoms with Crippen LogP contribution in [0.4, 0.5) is 4.39 Å². The molecule has 0 saturated heterocycles. The Bertz CT molecular complexity index is 487. The Hall–Kier alpha value is -0.900. The Kier molecular flexibility index (Phi) is 4.29. The third-order valence-corrected chi connectivity index (χ3v) is 4.64. The molecule has 1 N–H and O–H groups in total. The van der Waals surface area contributed by atoms with Crippen LogP contribution in [0.5, 0.6) is 0 Å². The van der Waals surface area contributed by atoms with E-state index in [1.165, 1.54) is 24.6 Å². The van der Waals surface area contributed by atoms with E-state index in [1.54, 1.807) is 0 Å². The second-order valence-corrected chi connectivity index (χ2v) is 6.74. The minimum atomic E-state index is -0.346. The van der Waals surface area contributed by atoms with E-state index >= 15 is 0 Å². The van der Waals surface area contributed by atoms with Crippen molar-refractivity contribution in [1.29, 1.82) is 0 Å². The minimum Gasteiger partial charge on any atom is -0.349 e. The lowest BCUT2D eigenvalue weighted by Crippen LogP contribution is -2.46. The van der Waals surface area contributed by atoms with E-state index in [4.69, 9.17) is 0 Å². The topological polar surface area (TPSA) is 29.1 Å². The summed E-state index contributed by atoms with van der Waals surface area (Å²) in [7, 11) is 0. The molecule has 0 bridgehead atoms. The largest absolute Gasteiger partial charge is 0.349 e. The Morgan fingerprint density at radius 3 is 2.79 bits per heavy atom. The van der Waals surface area contributed by atoms with Crippen LogP contribution in [0, 0.1) is 11.2 Å². The zero-order valence-corrected chi connectivity index (χ0v) is 12.9. The Morgan fingerprint density at radius 2 is 2.16 bits per heavy atom. The molecular formula is C15H19BrFNO. The first-order valence-corrected chi connectivity index (χ1v) is 7.45. The van der Waals surface area contributed by atoms with Crippen molar-refractivity contribution in [2.75, 3.05) is 0 Å². The van der Waals surface area contributed by atoms with Crippen molar-refractivity contribution < 1.29 is 9.18 Å². The summed E-state index contributed by atoms with van der Waals surface area (Å²) < 4.78 is 13.5. The third kappa shape index (κ3) is 3.35. The van der Waals surface area contributed by atoms with Gasteiger partial charge in [-0.15, -0.1) is 0 Å². The van der Waals surface area contributed by atoms with Crippen LogP contribution < -0.4 is 5.32 Å². The maximum absolute atomic E-state index is 13.0. The van der Waals surface area contributed by atoms with Crippen LogP contribution >= 0.6 is 15.9 Å². The van der Waals surface area contributed by atoms with Crippen molar-refractivity contribution in [1.82, 2.24) is 5.32 Å². The average molecular weight is 328 g/mol. The van der Waals surface area contributed by atoms with Crippen LogP contribution in [0.15, 0.2) is 22.7 Å². The zero-order chi connectivity index (χ0) is 14.0. The lowest BCUT2D eigenvalue weighted by Gasteiger charge is -2.39. The fourth-order valence-corrected chi connectivity index (χ4v) is 3.20. The van der Waals surface area contributed by atoms with Crippen LogP contribution in [0.25, 0.3) is 0 Å². The average Bonchev–Trinajstić information content (AvgIpc) is 2.31. The molecule has 1 aromatic rings. The molecule has 0 radical (unpaired) electrons. The van der Waals surface area contributed by atoms with Crippen LogP contribution in [-0.2, 0) is 0 Å². The van der Waals surface area contributed by atoms with E-state index in [-0.39, 0.29) is 23.2 Å². The molecule has 2 nitrogen and oxygen atoms in total. The summed E-state index contributed by atoms with van der Waals surface area (Å²) in [6.45, 7) is 4.38. The van der Waals surface area contributed by atoms with Crippen molar-refractivity contribution >= 4 is 21.8 Å². The fourth-order valence-electron chi connectivity index (χ4n) is 2.67. The molecule has 1 aromatic carbocycles. The monoisotopic (exact) mass is 327 g/mol. The SMILES string of the molecule is CC1(C)CCCCC1NC(=O)c1ccc(F)cc1Br. The van der Waals surface area contributed by atoms with Crippen molar-refractivity contribution in [3.05, 3.63) is 34.1 Å². The van der Waals surface area contributed by atoms with Gasteiger partial charge in [0.1, 0.15) is 5.82 Å². The summed E-state index contributed by atoms with van der Waals surface area (Å²) in [5, 5.41) is 3.09. The number of hydrogen-bond acceptors (Lipinski definition) is 1. The highest BCUT2D eigenvalue weighted by molar-refractivity contribution is 9.10. The molecule has 19 heavy (non-hydrogen) atoms. The van der Waals surface area contributed by atoms with E-state index in [0.717, 1.165) is 19.3 Å². The lowest BCUT2D eigenvalue weighted by atomic mass is 9.73. The second-order valence-electron chi connectivity index (χ2n) is 5.88. The number of hydrogen-bond donors (Lipinski definition) is 1. The molecule has 0 spiro atoms. The van der Waals surface area contributed by atoms with Crippen LogP contribution in [0.1, 0.15) is 49.9 Å². The Labute approximate surface area is 121 Å². The molecule has 4 heteroatoms. The number of amides is 1. The second kappa shape index (κ2) is 5.61. The number of benzene rings is 1. The number of carbonyl (C=O) groups excluding carboxylic acids is 1. The molecule has 1 aliphatic carbocycles. The third-order valence-electron chi connectivity index (χ3n) is 3.99. The number of halogens is 2. The van der Waals surface area contributed by atoms with Gasteiger partial charge < -0.3 is 5.32 Å². The molecule has 104 valence electrons. The van der Waals surface area contributed by atoms with E-state index in [0.29, 0.717) is 10.0 Å². The molecule has 0 aliphatic heterocycles. The normalized spacial score (nSPS) is 22.0. The molecule has 1 atom stereocenters. The maximum Gasteiger partial charge on any atom is 0.252 e. The van der Waals surface area contributed by atoms with Gasteiger partial charge in [-0.2, -0.15) is 0 Å². The summed E-state index contributed by atoms with van der Waals surface area (Å²) in [5.74, 6) is -0.478. The van der Waals surface area contributed by atoms with Gasteiger partial charge >= 0.3 is 0 Å². The molecule has 1 aliphatic rings. The van der Waals surface area contributed by atoms with Gasteiger partial charge in [-0.1, -0.05) is 26.7 Å². The number of carbonyl (C=O) groups is 1. The van der Waals surface area contributed by atoms with Crippen molar-refractivity contribution in [3.8, 4) is 0 Å². The molecule has 1 unspecified atom stereocenters. The van der Waals surface area contributed by atoms with E-state index in [1.807, 2.05) is 0 Å². The van der Waals surface area contributed by atoms with Gasteiger partial charge in [0.05, 0.1) is 5.56 Å². The van der Waals surface area contributed by atoms with Gasteiger partial charge in [0.2, 0.25) is 0 Å². The summed E-state index contributed by atoms with van der Waals surface area (Å²) in [6, 6.07) is 4.34. The quantitative estimate of drug-likeness (QED) is 0.862. The van der Waals surface area contributed by atoms with Crippen LogP contribution in [0.2, 0.25) is 0 Å².